The van der Waals surface area contributed by atoms with Crippen LogP contribution < -0.4 is 5.32 Å². The first kappa shape index (κ1) is 17.5. The molecular weight excluding hydrogens is 332 g/mol. The lowest BCUT2D eigenvalue weighted by molar-refractivity contribution is -0.113. The largest absolute Gasteiger partial charge is 0.325 e. The molecule has 1 aromatic carbocycles. The van der Waals surface area contributed by atoms with Gasteiger partial charge in [0.15, 0.2) is 5.16 Å². The highest BCUT2D eigenvalue weighted by Gasteiger charge is 2.20. The fourth-order valence-corrected chi connectivity index (χ4v) is 3.54. The number of nitrogens with one attached hydrogen (secondary N) is 2. The van der Waals surface area contributed by atoms with Crippen molar-refractivity contribution in [2.24, 2.45) is 11.8 Å². The van der Waals surface area contributed by atoms with Crippen molar-refractivity contribution in [2.75, 3.05) is 11.1 Å². The number of amides is 1. The first-order valence-corrected chi connectivity index (χ1v) is 9.30. The Hall–Kier alpha value is -2.34. The quantitative estimate of drug-likeness (QED) is 0.791. The lowest BCUT2D eigenvalue weighted by Gasteiger charge is -2.25. The predicted octanol–water partition coefficient (Wildman–Crippen LogP) is 4.15. The third-order valence-electron chi connectivity index (χ3n) is 4.42. The number of thioether (sulfide) groups is 1. The van der Waals surface area contributed by atoms with E-state index in [-0.39, 0.29) is 5.91 Å². The van der Waals surface area contributed by atoms with Crippen LogP contribution in [0.25, 0.3) is 5.57 Å². The SMILES string of the molecule is CC1=CC(C)C(C)C(c2ccc(NC(=O)CSc3nnc[nH]3)cc2)=C1. The summed E-state index contributed by atoms with van der Waals surface area (Å²) in [4.78, 5) is 14.9. The van der Waals surface area contributed by atoms with Crippen LogP contribution in [0.5, 0.6) is 0 Å². The lowest BCUT2D eigenvalue weighted by Crippen LogP contribution is -2.14. The molecule has 0 saturated heterocycles. The summed E-state index contributed by atoms with van der Waals surface area (Å²) in [6, 6.07) is 8.07. The van der Waals surface area contributed by atoms with E-state index in [1.807, 2.05) is 12.1 Å². The highest BCUT2D eigenvalue weighted by atomic mass is 32.2. The monoisotopic (exact) mass is 354 g/mol. The van der Waals surface area contributed by atoms with Gasteiger partial charge in [-0.3, -0.25) is 4.79 Å². The van der Waals surface area contributed by atoms with Crippen molar-refractivity contribution in [3.8, 4) is 0 Å². The molecule has 1 aromatic heterocycles. The number of aromatic nitrogens is 3. The molecule has 25 heavy (non-hydrogen) atoms. The van der Waals surface area contributed by atoms with Crippen LogP contribution >= 0.6 is 11.8 Å². The van der Waals surface area contributed by atoms with E-state index in [1.54, 1.807) is 0 Å². The number of hydrogen-bond donors (Lipinski definition) is 2. The zero-order valence-electron chi connectivity index (χ0n) is 14.6. The molecule has 1 aliphatic carbocycles. The number of anilines is 1. The molecule has 2 aromatic rings. The molecule has 0 saturated carbocycles. The van der Waals surface area contributed by atoms with Gasteiger partial charge in [-0.05, 0) is 42.0 Å². The Morgan fingerprint density at radius 3 is 2.72 bits per heavy atom. The molecular formula is C19H22N4OS. The molecule has 2 N–H and O–H groups in total. The Balaban J connectivity index is 1.62. The molecule has 1 amide bonds. The van der Waals surface area contributed by atoms with Crippen molar-refractivity contribution in [2.45, 2.75) is 25.9 Å². The number of rotatable bonds is 5. The average Bonchev–Trinajstić information content (AvgIpc) is 3.11. The second-order valence-corrected chi connectivity index (χ2v) is 7.33. The number of aromatic amines is 1. The van der Waals surface area contributed by atoms with Gasteiger partial charge in [0.05, 0.1) is 5.75 Å². The number of H-pyrrole nitrogens is 1. The molecule has 6 heteroatoms. The van der Waals surface area contributed by atoms with Crippen LogP contribution in [0.2, 0.25) is 0 Å². The minimum atomic E-state index is -0.0631. The van der Waals surface area contributed by atoms with E-state index >= 15 is 0 Å². The molecule has 130 valence electrons. The summed E-state index contributed by atoms with van der Waals surface area (Å²) in [6.07, 6.45) is 6.07. The third-order valence-corrected chi connectivity index (χ3v) is 5.30. The summed E-state index contributed by atoms with van der Waals surface area (Å²) >= 11 is 1.32. The van der Waals surface area contributed by atoms with Gasteiger partial charge in [-0.15, -0.1) is 10.2 Å². The number of benzene rings is 1. The smallest absolute Gasteiger partial charge is 0.234 e. The van der Waals surface area contributed by atoms with E-state index in [2.05, 4.69) is 65.6 Å². The van der Waals surface area contributed by atoms with E-state index < -0.39 is 0 Å². The Kier molecular flexibility index (Phi) is 5.38. The van der Waals surface area contributed by atoms with Gasteiger partial charge in [-0.25, -0.2) is 0 Å². The second kappa shape index (κ2) is 7.70. The van der Waals surface area contributed by atoms with E-state index in [0.717, 1.165) is 5.69 Å². The van der Waals surface area contributed by atoms with Crippen molar-refractivity contribution >= 4 is 28.9 Å². The highest BCUT2D eigenvalue weighted by molar-refractivity contribution is 7.99. The minimum absolute atomic E-state index is 0.0631. The number of hydrogen-bond acceptors (Lipinski definition) is 4. The first-order valence-electron chi connectivity index (χ1n) is 8.32. The molecule has 0 spiro atoms. The van der Waals surface area contributed by atoms with Crippen LogP contribution in [0.15, 0.2) is 53.5 Å². The van der Waals surface area contributed by atoms with Crippen molar-refractivity contribution in [3.05, 3.63) is 53.9 Å². The molecule has 1 aliphatic rings. The van der Waals surface area contributed by atoms with Crippen molar-refractivity contribution in [1.82, 2.24) is 15.2 Å². The maximum absolute atomic E-state index is 12.0. The molecule has 0 bridgehead atoms. The van der Waals surface area contributed by atoms with Crippen LogP contribution in [0, 0.1) is 11.8 Å². The number of carbonyl (C=O) groups is 1. The Morgan fingerprint density at radius 1 is 1.28 bits per heavy atom. The van der Waals surface area contributed by atoms with Crippen LogP contribution in [-0.2, 0) is 4.79 Å². The fraction of sp³-hybridized carbons (Fsp3) is 0.316. The maximum atomic E-state index is 12.0. The Bertz CT molecular complexity index is 793. The molecule has 2 atom stereocenters. The van der Waals surface area contributed by atoms with Crippen LogP contribution in [-0.4, -0.2) is 26.8 Å². The van der Waals surface area contributed by atoms with Gasteiger partial charge in [0.1, 0.15) is 6.33 Å². The minimum Gasteiger partial charge on any atom is -0.325 e. The number of nitrogens with zero attached hydrogens (tertiary/aromatic N) is 2. The molecule has 5 nitrogen and oxygen atoms in total. The van der Waals surface area contributed by atoms with Gasteiger partial charge in [-0.2, -0.15) is 0 Å². The Morgan fingerprint density at radius 2 is 2.04 bits per heavy atom. The number of carbonyl (C=O) groups excluding carboxylic acids is 1. The highest BCUT2D eigenvalue weighted by Crippen LogP contribution is 2.35. The van der Waals surface area contributed by atoms with Crippen molar-refractivity contribution in [3.63, 3.8) is 0 Å². The van der Waals surface area contributed by atoms with Gasteiger partial charge < -0.3 is 10.3 Å². The van der Waals surface area contributed by atoms with Crippen LogP contribution in [0.4, 0.5) is 5.69 Å². The van der Waals surface area contributed by atoms with Crippen molar-refractivity contribution < 1.29 is 4.79 Å². The van der Waals surface area contributed by atoms with Gasteiger partial charge >= 0.3 is 0 Å². The van der Waals surface area contributed by atoms with Gasteiger partial charge in [0, 0.05) is 5.69 Å². The van der Waals surface area contributed by atoms with E-state index in [0.29, 0.717) is 22.7 Å². The maximum Gasteiger partial charge on any atom is 0.234 e. The second-order valence-electron chi connectivity index (χ2n) is 6.37. The topological polar surface area (TPSA) is 70.7 Å². The fourth-order valence-electron chi connectivity index (χ4n) is 2.96. The summed E-state index contributed by atoms with van der Waals surface area (Å²) in [5.74, 6) is 1.25. The summed E-state index contributed by atoms with van der Waals surface area (Å²) in [7, 11) is 0. The van der Waals surface area contributed by atoms with Crippen LogP contribution in [0.1, 0.15) is 26.3 Å². The van der Waals surface area contributed by atoms with Gasteiger partial charge in [0.2, 0.25) is 5.91 Å². The zero-order valence-corrected chi connectivity index (χ0v) is 15.4. The average molecular weight is 354 g/mol. The van der Waals surface area contributed by atoms with Crippen LogP contribution in [0.3, 0.4) is 0 Å². The number of allylic oxidation sites excluding steroid dienone is 4. The third kappa shape index (κ3) is 4.39. The molecule has 1 heterocycles. The normalized spacial score (nSPS) is 20.0. The molecule has 0 radical (unpaired) electrons. The zero-order chi connectivity index (χ0) is 17.8. The van der Waals surface area contributed by atoms with Gasteiger partial charge in [0.25, 0.3) is 0 Å². The molecule has 2 unspecified atom stereocenters. The van der Waals surface area contributed by atoms with E-state index in [4.69, 9.17) is 0 Å². The summed E-state index contributed by atoms with van der Waals surface area (Å²) in [5, 5.41) is 11.1. The summed E-state index contributed by atoms with van der Waals surface area (Å²) < 4.78 is 0. The van der Waals surface area contributed by atoms with E-state index in [1.165, 1.54) is 34.8 Å². The van der Waals surface area contributed by atoms with Gasteiger partial charge in [-0.1, -0.05) is 55.5 Å². The molecule has 0 aliphatic heterocycles. The Labute approximate surface area is 152 Å². The van der Waals surface area contributed by atoms with Crippen molar-refractivity contribution in [1.29, 1.82) is 0 Å². The lowest BCUT2D eigenvalue weighted by atomic mass is 9.79. The summed E-state index contributed by atoms with van der Waals surface area (Å²) in [5.41, 5.74) is 4.67. The standard InChI is InChI=1S/C19H22N4OS/c1-12-8-13(2)14(3)17(9-12)15-4-6-16(7-5-15)22-18(24)10-25-19-20-11-21-23-19/h4-9,11,13-14H,10H2,1-3H3,(H,22,24)(H,20,21,23). The summed E-state index contributed by atoms with van der Waals surface area (Å²) in [6.45, 7) is 6.65. The van der Waals surface area contributed by atoms with E-state index in [9.17, 15) is 4.79 Å². The first-order chi connectivity index (χ1) is 12.0. The predicted molar refractivity (Wildman–Crippen MR) is 102 cm³/mol. The molecule has 3 rings (SSSR count). The molecule has 0 fully saturated rings.